The highest BCUT2D eigenvalue weighted by molar-refractivity contribution is 6.30. The van der Waals surface area contributed by atoms with Crippen LogP contribution in [0.2, 0.25) is 5.02 Å². The highest BCUT2D eigenvalue weighted by Crippen LogP contribution is 2.34. The standard InChI is InChI=1S/C15H13ClN2O/c1-19-15-5-2-10(8-17)6-14(15)13-7-12(16)4-3-11(13)9-18/h2-7H,9,18H2,1H3. The van der Waals surface area contributed by atoms with Crippen LogP contribution in [0.1, 0.15) is 11.1 Å². The van der Waals surface area contributed by atoms with Gasteiger partial charge in [0.25, 0.3) is 0 Å². The Morgan fingerprint density at radius 3 is 2.63 bits per heavy atom. The van der Waals surface area contributed by atoms with Gasteiger partial charge in [-0.05, 0) is 41.5 Å². The number of nitrogens with zero attached hydrogens (tertiary/aromatic N) is 1. The topological polar surface area (TPSA) is 59.0 Å². The van der Waals surface area contributed by atoms with Crippen LogP contribution in [0.15, 0.2) is 36.4 Å². The van der Waals surface area contributed by atoms with E-state index >= 15 is 0 Å². The van der Waals surface area contributed by atoms with Crippen molar-refractivity contribution in [2.45, 2.75) is 6.54 Å². The fourth-order valence-corrected chi connectivity index (χ4v) is 2.14. The zero-order chi connectivity index (χ0) is 13.8. The maximum Gasteiger partial charge on any atom is 0.126 e. The second-order valence-electron chi connectivity index (χ2n) is 4.03. The summed E-state index contributed by atoms with van der Waals surface area (Å²) in [4.78, 5) is 0. The number of benzene rings is 2. The first-order valence-corrected chi connectivity index (χ1v) is 6.14. The van der Waals surface area contributed by atoms with Crippen LogP contribution in [0.5, 0.6) is 5.75 Å². The average Bonchev–Trinajstić information content (AvgIpc) is 2.46. The van der Waals surface area contributed by atoms with Crippen LogP contribution < -0.4 is 10.5 Å². The third-order valence-corrected chi connectivity index (χ3v) is 3.15. The van der Waals surface area contributed by atoms with E-state index in [1.807, 2.05) is 12.1 Å². The number of hydrogen-bond donors (Lipinski definition) is 1. The summed E-state index contributed by atoms with van der Waals surface area (Å²) in [5.74, 6) is 0.691. The van der Waals surface area contributed by atoms with E-state index in [2.05, 4.69) is 6.07 Å². The van der Waals surface area contributed by atoms with E-state index in [9.17, 15) is 0 Å². The van der Waals surface area contributed by atoms with Crippen molar-refractivity contribution >= 4 is 11.6 Å². The second-order valence-corrected chi connectivity index (χ2v) is 4.47. The van der Waals surface area contributed by atoms with Gasteiger partial charge in [-0.1, -0.05) is 17.7 Å². The molecule has 0 aliphatic heterocycles. The lowest BCUT2D eigenvalue weighted by Crippen LogP contribution is -2.00. The summed E-state index contributed by atoms with van der Waals surface area (Å²) in [5, 5.41) is 9.63. The molecule has 0 radical (unpaired) electrons. The monoisotopic (exact) mass is 272 g/mol. The normalized spacial score (nSPS) is 10.0. The summed E-state index contributed by atoms with van der Waals surface area (Å²) in [7, 11) is 1.59. The lowest BCUT2D eigenvalue weighted by molar-refractivity contribution is 0.416. The van der Waals surface area contributed by atoms with Crippen molar-refractivity contribution in [2.75, 3.05) is 7.11 Å². The van der Waals surface area contributed by atoms with E-state index < -0.39 is 0 Å². The minimum atomic E-state index is 0.395. The van der Waals surface area contributed by atoms with Crippen LogP contribution >= 0.6 is 11.6 Å². The van der Waals surface area contributed by atoms with Gasteiger partial charge in [0.05, 0.1) is 18.7 Å². The lowest BCUT2D eigenvalue weighted by atomic mass is 9.97. The van der Waals surface area contributed by atoms with E-state index in [-0.39, 0.29) is 0 Å². The minimum absolute atomic E-state index is 0.395. The van der Waals surface area contributed by atoms with Crippen LogP contribution in [-0.2, 0) is 6.54 Å². The highest BCUT2D eigenvalue weighted by atomic mass is 35.5. The predicted molar refractivity (Wildman–Crippen MR) is 76.0 cm³/mol. The number of nitriles is 1. The highest BCUT2D eigenvalue weighted by Gasteiger charge is 2.11. The first kappa shape index (κ1) is 13.4. The smallest absolute Gasteiger partial charge is 0.126 e. The summed E-state index contributed by atoms with van der Waals surface area (Å²) in [6.07, 6.45) is 0. The third-order valence-electron chi connectivity index (χ3n) is 2.91. The molecule has 2 rings (SSSR count). The molecule has 19 heavy (non-hydrogen) atoms. The minimum Gasteiger partial charge on any atom is -0.496 e. The van der Waals surface area contributed by atoms with Gasteiger partial charge in [0.15, 0.2) is 0 Å². The van der Waals surface area contributed by atoms with Crippen molar-refractivity contribution in [2.24, 2.45) is 5.73 Å². The van der Waals surface area contributed by atoms with Gasteiger partial charge in [-0.2, -0.15) is 5.26 Å². The lowest BCUT2D eigenvalue weighted by Gasteiger charge is -2.13. The van der Waals surface area contributed by atoms with E-state index in [4.69, 9.17) is 27.3 Å². The molecule has 3 nitrogen and oxygen atoms in total. The van der Waals surface area contributed by atoms with Crippen molar-refractivity contribution in [3.05, 3.63) is 52.5 Å². The molecule has 0 saturated heterocycles. The van der Waals surface area contributed by atoms with Gasteiger partial charge in [-0.25, -0.2) is 0 Å². The van der Waals surface area contributed by atoms with Crippen LogP contribution in [0, 0.1) is 11.3 Å². The average molecular weight is 273 g/mol. The van der Waals surface area contributed by atoms with Gasteiger partial charge in [0.2, 0.25) is 0 Å². The van der Waals surface area contributed by atoms with Gasteiger partial charge >= 0.3 is 0 Å². The van der Waals surface area contributed by atoms with Crippen molar-refractivity contribution in [3.8, 4) is 22.9 Å². The Hall–Kier alpha value is -2.02. The van der Waals surface area contributed by atoms with Gasteiger partial charge in [-0.15, -0.1) is 0 Å². The summed E-state index contributed by atoms with van der Waals surface area (Å²) in [5.41, 5.74) is 8.99. The molecule has 0 saturated carbocycles. The summed E-state index contributed by atoms with van der Waals surface area (Å²) < 4.78 is 5.35. The molecule has 0 heterocycles. The molecule has 4 heteroatoms. The van der Waals surface area contributed by atoms with E-state index in [1.54, 1.807) is 31.4 Å². The predicted octanol–water partition coefficient (Wildman–Crippen LogP) is 3.35. The molecular weight excluding hydrogens is 260 g/mol. The van der Waals surface area contributed by atoms with Crippen LogP contribution in [-0.4, -0.2) is 7.11 Å². The summed E-state index contributed by atoms with van der Waals surface area (Å²) in [6.45, 7) is 0.395. The Morgan fingerprint density at radius 2 is 2.00 bits per heavy atom. The Morgan fingerprint density at radius 1 is 1.21 bits per heavy atom. The largest absolute Gasteiger partial charge is 0.496 e. The fourth-order valence-electron chi connectivity index (χ4n) is 1.97. The van der Waals surface area contributed by atoms with Crippen molar-refractivity contribution in [1.29, 1.82) is 5.26 Å². The Balaban J connectivity index is 2.70. The molecule has 0 bridgehead atoms. The van der Waals surface area contributed by atoms with Gasteiger partial charge in [0.1, 0.15) is 5.75 Å². The molecule has 0 unspecified atom stereocenters. The maximum atomic E-state index is 9.01. The number of halogens is 1. The number of rotatable bonds is 3. The quantitative estimate of drug-likeness (QED) is 0.932. The molecule has 0 aromatic heterocycles. The first-order chi connectivity index (χ1) is 9.19. The zero-order valence-electron chi connectivity index (χ0n) is 10.5. The Bertz CT molecular complexity index is 647. The molecular formula is C15H13ClN2O. The molecule has 0 spiro atoms. The number of nitrogens with two attached hydrogens (primary N) is 1. The summed E-state index contributed by atoms with van der Waals surface area (Å²) in [6, 6.07) is 12.9. The van der Waals surface area contributed by atoms with Crippen molar-refractivity contribution in [3.63, 3.8) is 0 Å². The fraction of sp³-hybridized carbons (Fsp3) is 0.133. The molecule has 2 aromatic carbocycles. The van der Waals surface area contributed by atoms with Crippen LogP contribution in [0.4, 0.5) is 0 Å². The van der Waals surface area contributed by atoms with E-state index in [0.29, 0.717) is 22.9 Å². The van der Waals surface area contributed by atoms with Gasteiger partial charge in [0, 0.05) is 17.1 Å². The molecule has 0 fully saturated rings. The molecule has 2 aromatic rings. The first-order valence-electron chi connectivity index (χ1n) is 5.76. The van der Waals surface area contributed by atoms with Crippen molar-refractivity contribution < 1.29 is 4.74 Å². The third kappa shape index (κ3) is 2.70. The molecule has 0 aliphatic rings. The maximum absolute atomic E-state index is 9.01. The molecule has 96 valence electrons. The molecule has 0 amide bonds. The van der Waals surface area contributed by atoms with E-state index in [0.717, 1.165) is 16.7 Å². The summed E-state index contributed by atoms with van der Waals surface area (Å²) >= 11 is 6.05. The van der Waals surface area contributed by atoms with Gasteiger partial charge < -0.3 is 10.5 Å². The van der Waals surface area contributed by atoms with Crippen molar-refractivity contribution in [1.82, 2.24) is 0 Å². The van der Waals surface area contributed by atoms with E-state index in [1.165, 1.54) is 0 Å². The number of methoxy groups -OCH3 is 1. The second kappa shape index (κ2) is 5.75. The SMILES string of the molecule is COc1ccc(C#N)cc1-c1cc(Cl)ccc1CN. The zero-order valence-corrected chi connectivity index (χ0v) is 11.2. The van der Waals surface area contributed by atoms with Gasteiger partial charge in [-0.3, -0.25) is 0 Å². The van der Waals surface area contributed by atoms with Crippen LogP contribution in [0.3, 0.4) is 0 Å². The number of hydrogen-bond acceptors (Lipinski definition) is 3. The Kier molecular flexibility index (Phi) is 4.06. The number of ether oxygens (including phenoxy) is 1. The molecule has 0 atom stereocenters. The Labute approximate surface area is 117 Å². The molecule has 2 N–H and O–H groups in total. The molecule has 0 aliphatic carbocycles. The van der Waals surface area contributed by atoms with Crippen LogP contribution in [0.25, 0.3) is 11.1 Å².